The second-order valence-corrected chi connectivity index (χ2v) is 9.57. The van der Waals surface area contributed by atoms with Crippen LogP contribution in [0.4, 0.5) is 8.78 Å². The van der Waals surface area contributed by atoms with Gasteiger partial charge in [0.1, 0.15) is 22.9 Å². The van der Waals surface area contributed by atoms with Gasteiger partial charge in [-0.25, -0.2) is 8.78 Å². The molecule has 1 saturated heterocycles. The van der Waals surface area contributed by atoms with Crippen molar-refractivity contribution in [1.29, 1.82) is 0 Å². The summed E-state index contributed by atoms with van der Waals surface area (Å²) in [5, 5.41) is 4.07. The lowest BCUT2D eigenvalue weighted by molar-refractivity contribution is -0.0654. The molecular weight excluding hydrogens is 462 g/mol. The van der Waals surface area contributed by atoms with Crippen LogP contribution in [-0.4, -0.2) is 52.0 Å². The van der Waals surface area contributed by atoms with Crippen molar-refractivity contribution >= 4 is 17.7 Å². The number of methoxy groups -OCH3 is 1. The molecule has 5 rings (SSSR count). The Hall–Kier alpha value is -3.76. The maximum Gasteiger partial charge on any atom is 0.271 e. The number of benzene rings is 1. The van der Waals surface area contributed by atoms with Gasteiger partial charge in [-0.05, 0) is 37.8 Å². The molecule has 2 N–H and O–H groups in total. The lowest BCUT2D eigenvalue weighted by Gasteiger charge is -2.45. The Bertz CT molecular complexity index is 1340. The average Bonchev–Trinajstić information content (AvgIpc) is 3.20. The highest BCUT2D eigenvalue weighted by Crippen LogP contribution is 2.48. The summed E-state index contributed by atoms with van der Waals surface area (Å²) in [5.74, 6) is -2.36. The summed E-state index contributed by atoms with van der Waals surface area (Å²) >= 11 is 0. The first kappa shape index (κ1) is 23.0. The maximum atomic E-state index is 14.6. The highest BCUT2D eigenvalue weighted by molar-refractivity contribution is 5.96. The fourth-order valence-electron chi connectivity index (χ4n) is 5.46. The van der Waals surface area contributed by atoms with E-state index in [9.17, 15) is 23.2 Å². The number of fused-ring (bicyclic) bond motifs is 5. The van der Waals surface area contributed by atoms with E-state index in [-0.39, 0.29) is 29.8 Å². The molecule has 1 spiro atoms. The van der Waals surface area contributed by atoms with Crippen LogP contribution in [0.25, 0.3) is 0 Å². The van der Waals surface area contributed by atoms with E-state index < -0.39 is 46.1 Å². The number of carbonyl (C=O) groups is 2. The molecule has 2 amide bonds. The number of hydrogen-bond donors (Lipinski definition) is 1. The Morgan fingerprint density at radius 1 is 1.29 bits per heavy atom. The number of ether oxygens (including phenoxy) is 1. The Morgan fingerprint density at radius 3 is 2.71 bits per heavy atom. The van der Waals surface area contributed by atoms with Crippen LogP contribution in [0.3, 0.4) is 0 Å². The Kier molecular flexibility index (Phi) is 5.19. The molecule has 1 aromatic carbocycles. The van der Waals surface area contributed by atoms with Crippen LogP contribution in [0.2, 0.25) is 0 Å². The molecule has 3 aliphatic heterocycles. The third kappa shape index (κ3) is 3.57. The van der Waals surface area contributed by atoms with Crippen LogP contribution in [0.5, 0.6) is 0 Å². The first-order valence-corrected chi connectivity index (χ1v) is 11.2. The number of primary amides is 1. The minimum Gasteiger partial charge on any atom is -0.482 e. The third-order valence-corrected chi connectivity index (χ3v) is 7.45. The molecule has 2 bridgehead atoms. The van der Waals surface area contributed by atoms with Gasteiger partial charge in [-0.3, -0.25) is 14.4 Å². The Balaban J connectivity index is 1.65. The van der Waals surface area contributed by atoms with Gasteiger partial charge < -0.3 is 24.8 Å². The van der Waals surface area contributed by atoms with E-state index in [1.807, 2.05) is 6.92 Å². The van der Waals surface area contributed by atoms with Gasteiger partial charge in [0.05, 0.1) is 19.6 Å². The number of nitrogens with two attached hydrogens (primary N) is 1. The summed E-state index contributed by atoms with van der Waals surface area (Å²) in [6.07, 6.45) is 2.54. The molecule has 184 valence electrons. The van der Waals surface area contributed by atoms with Crippen molar-refractivity contribution in [3.8, 4) is 0 Å². The van der Waals surface area contributed by atoms with Gasteiger partial charge in [0.2, 0.25) is 5.90 Å². The standard InChI is InChI=1S/C24H24F2N4O5/c1-23(9-13-3-4-14(25)7-16(13)26)5-6-24(10-20(34-2)28-35-24)19-12-30(23)22(33)17-8-18(31)15(21(27)32)11-29(17)19/h3-4,7-8,11,19H,5-6,9-10,12H2,1-2H3,(H2,27,32). The lowest BCUT2D eigenvalue weighted by atomic mass is 9.82. The predicted molar refractivity (Wildman–Crippen MR) is 120 cm³/mol. The van der Waals surface area contributed by atoms with Gasteiger partial charge in [-0.15, -0.1) is 0 Å². The highest BCUT2D eigenvalue weighted by Gasteiger charge is 2.57. The molecule has 0 saturated carbocycles. The van der Waals surface area contributed by atoms with Crippen molar-refractivity contribution in [3.63, 3.8) is 0 Å². The SMILES string of the molecule is COC1=NOC2(CCC(C)(Cc3ccc(F)cc3F)N3CC2n2cc(C(N)=O)c(=O)cc2C3=O)C1. The minimum atomic E-state index is -0.942. The quantitative estimate of drug-likeness (QED) is 0.714. The third-order valence-electron chi connectivity index (χ3n) is 7.45. The molecular formula is C24H24F2N4O5. The first-order chi connectivity index (χ1) is 16.6. The number of oxime groups is 1. The largest absolute Gasteiger partial charge is 0.482 e. The van der Waals surface area contributed by atoms with Crippen molar-refractivity contribution < 1.29 is 27.9 Å². The second kappa shape index (κ2) is 7.89. The van der Waals surface area contributed by atoms with Gasteiger partial charge in [0.15, 0.2) is 11.0 Å². The van der Waals surface area contributed by atoms with Crippen molar-refractivity contribution in [2.45, 2.75) is 49.8 Å². The average molecular weight is 486 g/mol. The number of nitrogens with zero attached hydrogens (tertiary/aromatic N) is 3. The fraction of sp³-hybridized carbons (Fsp3) is 0.417. The summed E-state index contributed by atoms with van der Waals surface area (Å²) < 4.78 is 35.0. The van der Waals surface area contributed by atoms with E-state index in [1.54, 1.807) is 9.47 Å². The molecule has 3 aliphatic rings. The molecule has 4 heterocycles. The molecule has 1 aromatic heterocycles. The summed E-state index contributed by atoms with van der Waals surface area (Å²) in [5.41, 5.74) is 3.00. The van der Waals surface area contributed by atoms with Crippen molar-refractivity contribution in [2.75, 3.05) is 13.7 Å². The van der Waals surface area contributed by atoms with E-state index in [1.165, 1.54) is 25.4 Å². The van der Waals surface area contributed by atoms with Crippen LogP contribution in [0.1, 0.15) is 58.6 Å². The molecule has 2 aromatic rings. The van der Waals surface area contributed by atoms with Gasteiger partial charge in [-0.2, -0.15) is 0 Å². The van der Waals surface area contributed by atoms with Crippen LogP contribution in [-0.2, 0) is 16.0 Å². The van der Waals surface area contributed by atoms with Crippen LogP contribution >= 0.6 is 0 Å². The molecule has 11 heteroatoms. The molecule has 3 atom stereocenters. The van der Waals surface area contributed by atoms with Crippen LogP contribution < -0.4 is 11.2 Å². The normalized spacial score (nSPS) is 27.2. The number of halogens is 2. The monoisotopic (exact) mass is 486 g/mol. The molecule has 35 heavy (non-hydrogen) atoms. The minimum absolute atomic E-state index is 0.0674. The van der Waals surface area contributed by atoms with Crippen molar-refractivity contribution in [3.05, 3.63) is 69.1 Å². The van der Waals surface area contributed by atoms with E-state index >= 15 is 0 Å². The van der Waals surface area contributed by atoms with Gasteiger partial charge in [0, 0.05) is 30.4 Å². The van der Waals surface area contributed by atoms with Gasteiger partial charge in [-0.1, -0.05) is 11.2 Å². The summed E-state index contributed by atoms with van der Waals surface area (Å²) in [6, 6.07) is 3.94. The zero-order valence-corrected chi connectivity index (χ0v) is 19.2. The number of carbonyl (C=O) groups excluding carboxylic acids is 2. The van der Waals surface area contributed by atoms with Crippen molar-refractivity contribution in [1.82, 2.24) is 9.47 Å². The second-order valence-electron chi connectivity index (χ2n) is 9.57. The zero-order valence-electron chi connectivity index (χ0n) is 19.2. The summed E-state index contributed by atoms with van der Waals surface area (Å²) in [7, 11) is 1.48. The summed E-state index contributed by atoms with van der Waals surface area (Å²) in [4.78, 5) is 45.7. The number of pyridine rings is 1. The number of rotatable bonds is 3. The molecule has 0 radical (unpaired) electrons. The van der Waals surface area contributed by atoms with Crippen molar-refractivity contribution in [2.24, 2.45) is 10.9 Å². The van der Waals surface area contributed by atoms with Crippen LogP contribution in [0.15, 0.2) is 40.4 Å². The Morgan fingerprint density at radius 2 is 2.06 bits per heavy atom. The highest BCUT2D eigenvalue weighted by atomic mass is 19.1. The number of hydrogen-bond acceptors (Lipinski definition) is 6. The van der Waals surface area contributed by atoms with E-state index in [4.69, 9.17) is 15.3 Å². The fourth-order valence-corrected chi connectivity index (χ4v) is 5.46. The molecule has 9 nitrogen and oxygen atoms in total. The van der Waals surface area contributed by atoms with E-state index in [0.717, 1.165) is 12.1 Å². The lowest BCUT2D eigenvalue weighted by Crippen LogP contribution is -2.57. The molecule has 0 aliphatic carbocycles. The van der Waals surface area contributed by atoms with E-state index in [0.29, 0.717) is 25.2 Å². The molecule has 1 fully saturated rings. The van der Waals surface area contributed by atoms with E-state index in [2.05, 4.69) is 5.16 Å². The molecule has 3 unspecified atom stereocenters. The van der Waals surface area contributed by atoms with Gasteiger partial charge in [0.25, 0.3) is 11.8 Å². The predicted octanol–water partition coefficient (Wildman–Crippen LogP) is 2.14. The zero-order chi connectivity index (χ0) is 25.1. The maximum absolute atomic E-state index is 14.6. The smallest absolute Gasteiger partial charge is 0.271 e. The number of aromatic nitrogens is 1. The topological polar surface area (TPSA) is 116 Å². The number of amides is 2. The van der Waals surface area contributed by atoms with Gasteiger partial charge >= 0.3 is 0 Å². The van der Waals surface area contributed by atoms with Crippen LogP contribution in [0, 0.1) is 11.6 Å². The summed E-state index contributed by atoms with van der Waals surface area (Å²) in [6.45, 7) is 1.99. The first-order valence-electron chi connectivity index (χ1n) is 11.2. The Labute approximate surface area is 199 Å².